The molecule has 7 heteroatoms. The van der Waals surface area contributed by atoms with Gasteiger partial charge in [0.1, 0.15) is 11.9 Å². The van der Waals surface area contributed by atoms with E-state index in [4.69, 9.17) is 16.3 Å². The second-order valence-corrected chi connectivity index (χ2v) is 5.40. The van der Waals surface area contributed by atoms with E-state index in [1.807, 2.05) is 19.1 Å². The minimum absolute atomic E-state index is 0.0828. The van der Waals surface area contributed by atoms with E-state index < -0.39 is 6.10 Å². The lowest BCUT2D eigenvalue weighted by Crippen LogP contribution is -2.29. The lowest BCUT2D eigenvalue weighted by Gasteiger charge is -2.12. The molecule has 0 aliphatic heterocycles. The van der Waals surface area contributed by atoms with Crippen molar-refractivity contribution in [2.24, 2.45) is 0 Å². The Morgan fingerprint density at radius 3 is 2.91 bits per heavy atom. The molecule has 0 bridgehead atoms. The highest BCUT2D eigenvalue weighted by atomic mass is 35.5. The Labute approximate surface area is 140 Å². The highest BCUT2D eigenvalue weighted by Gasteiger charge is 2.17. The van der Waals surface area contributed by atoms with Crippen molar-refractivity contribution in [1.29, 1.82) is 0 Å². The Morgan fingerprint density at radius 2 is 2.26 bits per heavy atom. The number of hydrogen-bond donors (Lipinski definition) is 2. The fourth-order valence-electron chi connectivity index (χ4n) is 2.13. The second-order valence-electron chi connectivity index (χ2n) is 4.96. The van der Waals surface area contributed by atoms with Crippen LogP contribution in [0.15, 0.2) is 30.3 Å². The van der Waals surface area contributed by atoms with Gasteiger partial charge < -0.3 is 15.2 Å². The normalized spacial score (nSPS) is 12.2. The van der Waals surface area contributed by atoms with Gasteiger partial charge in [0, 0.05) is 23.3 Å². The van der Waals surface area contributed by atoms with Crippen LogP contribution in [0.1, 0.15) is 13.8 Å². The maximum absolute atomic E-state index is 12.1. The van der Waals surface area contributed by atoms with Gasteiger partial charge in [-0.3, -0.25) is 4.79 Å². The van der Waals surface area contributed by atoms with Crippen molar-refractivity contribution in [3.05, 3.63) is 35.4 Å². The highest BCUT2D eigenvalue weighted by Crippen LogP contribution is 2.24. The molecule has 0 aliphatic carbocycles. The maximum atomic E-state index is 12.1. The average Bonchev–Trinajstić information content (AvgIpc) is 2.91. The van der Waals surface area contributed by atoms with Crippen LogP contribution in [0.3, 0.4) is 0 Å². The monoisotopic (exact) mass is 337 g/mol. The SMILES string of the molecule is CCOC(C)C(=O)Nc1cc(-c2cccc(Cl)c2)nn1CCO. The van der Waals surface area contributed by atoms with Gasteiger partial charge in [-0.15, -0.1) is 0 Å². The first-order valence-electron chi connectivity index (χ1n) is 7.42. The number of anilines is 1. The second kappa shape index (κ2) is 8.10. The van der Waals surface area contributed by atoms with Gasteiger partial charge in [0.2, 0.25) is 0 Å². The topological polar surface area (TPSA) is 76.4 Å². The number of hydrogen-bond acceptors (Lipinski definition) is 4. The third-order valence-electron chi connectivity index (χ3n) is 3.25. The number of aliphatic hydroxyl groups excluding tert-OH is 1. The number of aliphatic hydroxyl groups is 1. The van der Waals surface area contributed by atoms with E-state index in [1.165, 1.54) is 0 Å². The van der Waals surface area contributed by atoms with Crippen molar-refractivity contribution < 1.29 is 14.6 Å². The number of carbonyl (C=O) groups excluding carboxylic acids is 1. The lowest BCUT2D eigenvalue weighted by atomic mass is 10.1. The third kappa shape index (κ3) is 4.54. The summed E-state index contributed by atoms with van der Waals surface area (Å²) in [6, 6.07) is 9.03. The number of amides is 1. The number of nitrogens with one attached hydrogen (secondary N) is 1. The first-order chi connectivity index (χ1) is 11.0. The summed E-state index contributed by atoms with van der Waals surface area (Å²) in [4.78, 5) is 12.1. The molecule has 1 heterocycles. The Balaban J connectivity index is 2.26. The molecule has 0 radical (unpaired) electrons. The first kappa shape index (κ1) is 17.5. The molecule has 1 atom stereocenters. The lowest BCUT2D eigenvalue weighted by molar-refractivity contribution is -0.126. The predicted octanol–water partition coefficient (Wildman–Crippen LogP) is 2.56. The number of aromatic nitrogens is 2. The summed E-state index contributed by atoms with van der Waals surface area (Å²) >= 11 is 6.00. The van der Waals surface area contributed by atoms with Crippen LogP contribution >= 0.6 is 11.6 Å². The quantitative estimate of drug-likeness (QED) is 0.814. The minimum atomic E-state index is -0.563. The van der Waals surface area contributed by atoms with Crippen molar-refractivity contribution in [2.75, 3.05) is 18.5 Å². The molecular formula is C16H20ClN3O3. The van der Waals surface area contributed by atoms with Gasteiger partial charge in [0.25, 0.3) is 5.91 Å². The van der Waals surface area contributed by atoms with Gasteiger partial charge in [0.05, 0.1) is 18.8 Å². The molecule has 1 aromatic carbocycles. The van der Waals surface area contributed by atoms with Gasteiger partial charge in [-0.1, -0.05) is 23.7 Å². The highest BCUT2D eigenvalue weighted by molar-refractivity contribution is 6.30. The van der Waals surface area contributed by atoms with E-state index in [1.54, 1.807) is 29.8 Å². The van der Waals surface area contributed by atoms with Crippen LogP contribution in [-0.4, -0.2) is 40.1 Å². The molecule has 2 N–H and O–H groups in total. The molecule has 0 spiro atoms. The Hall–Kier alpha value is -1.89. The van der Waals surface area contributed by atoms with Crippen molar-refractivity contribution in [3.63, 3.8) is 0 Å². The minimum Gasteiger partial charge on any atom is -0.394 e. The number of ether oxygens (including phenoxy) is 1. The molecule has 124 valence electrons. The van der Waals surface area contributed by atoms with E-state index in [0.29, 0.717) is 23.1 Å². The molecule has 0 aliphatic rings. The maximum Gasteiger partial charge on any atom is 0.254 e. The van der Waals surface area contributed by atoms with Crippen LogP contribution in [0.25, 0.3) is 11.3 Å². The fraction of sp³-hybridized carbons (Fsp3) is 0.375. The molecule has 23 heavy (non-hydrogen) atoms. The number of benzene rings is 1. The molecule has 0 saturated heterocycles. The van der Waals surface area contributed by atoms with Crippen molar-refractivity contribution in [3.8, 4) is 11.3 Å². The summed E-state index contributed by atoms with van der Waals surface area (Å²) in [5.41, 5.74) is 1.50. The number of halogens is 1. The molecule has 6 nitrogen and oxygen atoms in total. The predicted molar refractivity (Wildman–Crippen MR) is 89.5 cm³/mol. The van der Waals surface area contributed by atoms with Gasteiger partial charge in [-0.05, 0) is 26.0 Å². The summed E-state index contributed by atoms with van der Waals surface area (Å²) in [5, 5.41) is 17.0. The van der Waals surface area contributed by atoms with Crippen molar-refractivity contribution >= 4 is 23.3 Å². The molecule has 0 saturated carbocycles. The molecule has 2 aromatic rings. The Morgan fingerprint density at radius 1 is 1.48 bits per heavy atom. The van der Waals surface area contributed by atoms with Crippen LogP contribution in [0.2, 0.25) is 5.02 Å². The van der Waals surface area contributed by atoms with E-state index in [9.17, 15) is 9.90 Å². The van der Waals surface area contributed by atoms with Crippen LogP contribution < -0.4 is 5.32 Å². The van der Waals surface area contributed by atoms with Crippen molar-refractivity contribution in [2.45, 2.75) is 26.5 Å². The zero-order valence-electron chi connectivity index (χ0n) is 13.1. The van der Waals surface area contributed by atoms with Crippen LogP contribution in [0.4, 0.5) is 5.82 Å². The third-order valence-corrected chi connectivity index (χ3v) is 3.48. The molecule has 2 rings (SSSR count). The zero-order chi connectivity index (χ0) is 16.8. The van der Waals surface area contributed by atoms with Gasteiger partial charge >= 0.3 is 0 Å². The average molecular weight is 338 g/mol. The summed E-state index contributed by atoms with van der Waals surface area (Å²) in [6.45, 7) is 4.17. The van der Waals surface area contributed by atoms with E-state index in [-0.39, 0.29) is 19.1 Å². The summed E-state index contributed by atoms with van der Waals surface area (Å²) in [5.74, 6) is 0.245. The number of nitrogens with zero attached hydrogens (tertiary/aromatic N) is 2. The van der Waals surface area contributed by atoms with E-state index >= 15 is 0 Å². The van der Waals surface area contributed by atoms with E-state index in [0.717, 1.165) is 5.56 Å². The van der Waals surface area contributed by atoms with Gasteiger partial charge in [0.15, 0.2) is 0 Å². The molecule has 1 unspecified atom stereocenters. The van der Waals surface area contributed by atoms with Crippen LogP contribution in [0, 0.1) is 0 Å². The molecule has 1 aromatic heterocycles. The largest absolute Gasteiger partial charge is 0.394 e. The first-order valence-corrected chi connectivity index (χ1v) is 7.80. The van der Waals surface area contributed by atoms with Crippen molar-refractivity contribution in [1.82, 2.24) is 9.78 Å². The smallest absolute Gasteiger partial charge is 0.254 e. The zero-order valence-corrected chi connectivity index (χ0v) is 13.9. The Bertz CT molecular complexity index is 672. The van der Waals surface area contributed by atoms with Gasteiger partial charge in [-0.2, -0.15) is 5.10 Å². The van der Waals surface area contributed by atoms with E-state index in [2.05, 4.69) is 10.4 Å². The summed E-state index contributed by atoms with van der Waals surface area (Å²) < 4.78 is 6.82. The van der Waals surface area contributed by atoms with Gasteiger partial charge in [-0.25, -0.2) is 4.68 Å². The number of carbonyl (C=O) groups is 1. The Kier molecular flexibility index (Phi) is 6.15. The number of rotatable bonds is 7. The van der Waals surface area contributed by atoms with Crippen LogP contribution in [-0.2, 0) is 16.1 Å². The molecule has 1 amide bonds. The molecular weight excluding hydrogens is 318 g/mol. The fourth-order valence-corrected chi connectivity index (χ4v) is 2.32. The standard InChI is InChI=1S/C16H20ClN3O3/c1-3-23-11(2)16(22)18-15-10-14(19-20(15)7-8-21)12-5-4-6-13(17)9-12/h4-6,9-11,21H,3,7-8H2,1-2H3,(H,18,22). The van der Waals surface area contributed by atoms with Crippen LogP contribution in [0.5, 0.6) is 0 Å². The summed E-state index contributed by atoms with van der Waals surface area (Å²) in [7, 11) is 0. The summed E-state index contributed by atoms with van der Waals surface area (Å²) in [6.07, 6.45) is -0.563. The molecule has 0 fully saturated rings.